The summed E-state index contributed by atoms with van der Waals surface area (Å²) in [6.45, 7) is 1.14. The van der Waals surface area contributed by atoms with Gasteiger partial charge in [0.2, 0.25) is 0 Å². The molecule has 0 bridgehead atoms. The van der Waals surface area contributed by atoms with Crippen LogP contribution in [0.5, 0.6) is 5.75 Å². The first kappa shape index (κ1) is 18.7. The average molecular weight is 362 g/mol. The van der Waals surface area contributed by atoms with E-state index in [-0.39, 0.29) is 12.6 Å². The fourth-order valence-electron chi connectivity index (χ4n) is 3.37. The highest BCUT2D eigenvalue weighted by Gasteiger charge is 2.43. The maximum absolute atomic E-state index is 11.9. The summed E-state index contributed by atoms with van der Waals surface area (Å²) in [6, 6.07) is 7.60. The van der Waals surface area contributed by atoms with Crippen molar-refractivity contribution in [1.29, 1.82) is 0 Å². The summed E-state index contributed by atoms with van der Waals surface area (Å²) in [7, 11) is 1.62. The molecule has 0 aromatic heterocycles. The van der Waals surface area contributed by atoms with Gasteiger partial charge in [-0.2, -0.15) is 0 Å². The quantitative estimate of drug-likeness (QED) is 0.742. The summed E-state index contributed by atoms with van der Waals surface area (Å²) < 4.78 is 16.8. The molecule has 1 unspecified atom stereocenters. The SMILES string of the molecule is COc1ccc(CCNC(=O)C(=O)NCC2COC3(CCCC3)O2)cc1. The lowest BCUT2D eigenvalue weighted by Crippen LogP contribution is -2.44. The molecule has 1 spiro atoms. The Hall–Kier alpha value is -2.12. The average Bonchev–Trinajstić information content (AvgIpc) is 3.30. The Morgan fingerprint density at radius 3 is 2.54 bits per heavy atom. The number of benzene rings is 1. The Balaban J connectivity index is 1.33. The van der Waals surface area contributed by atoms with Crippen LogP contribution >= 0.6 is 0 Å². The molecule has 142 valence electrons. The van der Waals surface area contributed by atoms with Crippen LogP contribution in [0.3, 0.4) is 0 Å². The molecule has 1 saturated heterocycles. The third-order valence-corrected chi connectivity index (χ3v) is 4.83. The van der Waals surface area contributed by atoms with Crippen molar-refractivity contribution in [2.45, 2.75) is 44.0 Å². The Morgan fingerprint density at radius 2 is 1.85 bits per heavy atom. The Labute approximate surface area is 153 Å². The highest BCUT2D eigenvalue weighted by atomic mass is 16.7. The predicted octanol–water partition coefficient (Wildman–Crippen LogP) is 1.16. The second kappa shape index (κ2) is 8.51. The largest absolute Gasteiger partial charge is 0.497 e. The van der Waals surface area contributed by atoms with Gasteiger partial charge in [-0.1, -0.05) is 12.1 Å². The molecule has 1 heterocycles. The lowest BCUT2D eigenvalue weighted by molar-refractivity contribution is -0.161. The standard InChI is InChI=1S/C19H26N2O5/c1-24-15-6-4-14(5-7-15)8-11-20-17(22)18(23)21-12-16-13-25-19(26-16)9-2-3-10-19/h4-7,16H,2-3,8-13H2,1H3,(H,20,22)(H,21,23). The minimum Gasteiger partial charge on any atom is -0.497 e. The topological polar surface area (TPSA) is 85.9 Å². The second-order valence-corrected chi connectivity index (χ2v) is 6.73. The highest BCUT2D eigenvalue weighted by Crippen LogP contribution is 2.38. The zero-order valence-electron chi connectivity index (χ0n) is 15.1. The van der Waals surface area contributed by atoms with Gasteiger partial charge >= 0.3 is 11.8 Å². The number of ether oxygens (including phenoxy) is 3. The van der Waals surface area contributed by atoms with E-state index in [4.69, 9.17) is 14.2 Å². The lowest BCUT2D eigenvalue weighted by atomic mass is 10.1. The number of amides is 2. The van der Waals surface area contributed by atoms with Crippen LogP contribution in [-0.4, -0.2) is 50.5 Å². The molecule has 1 aliphatic carbocycles. The Kier molecular flexibility index (Phi) is 6.11. The lowest BCUT2D eigenvalue weighted by Gasteiger charge is -2.21. The molecule has 1 atom stereocenters. The summed E-state index contributed by atoms with van der Waals surface area (Å²) in [6.07, 6.45) is 4.48. The zero-order chi connectivity index (χ0) is 18.4. The molecule has 1 aliphatic heterocycles. The van der Waals surface area contributed by atoms with Crippen LogP contribution in [0.1, 0.15) is 31.2 Å². The summed E-state index contributed by atoms with van der Waals surface area (Å²) in [5, 5.41) is 5.25. The van der Waals surface area contributed by atoms with Gasteiger partial charge in [0.15, 0.2) is 5.79 Å². The van der Waals surface area contributed by atoms with Gasteiger partial charge in [0.1, 0.15) is 11.9 Å². The first-order valence-corrected chi connectivity index (χ1v) is 9.11. The van der Waals surface area contributed by atoms with Gasteiger partial charge < -0.3 is 24.8 Å². The van der Waals surface area contributed by atoms with E-state index < -0.39 is 17.6 Å². The fraction of sp³-hybridized carbons (Fsp3) is 0.579. The molecular weight excluding hydrogens is 336 g/mol. The Morgan fingerprint density at radius 1 is 1.15 bits per heavy atom. The smallest absolute Gasteiger partial charge is 0.309 e. The molecule has 3 rings (SSSR count). The molecular formula is C19H26N2O5. The normalized spacial score (nSPS) is 20.9. The maximum Gasteiger partial charge on any atom is 0.309 e. The van der Waals surface area contributed by atoms with Gasteiger partial charge in [0.05, 0.1) is 13.7 Å². The van der Waals surface area contributed by atoms with Gasteiger partial charge in [0, 0.05) is 25.9 Å². The van der Waals surface area contributed by atoms with E-state index in [9.17, 15) is 9.59 Å². The second-order valence-electron chi connectivity index (χ2n) is 6.73. The number of hydrogen-bond acceptors (Lipinski definition) is 5. The highest BCUT2D eigenvalue weighted by molar-refractivity contribution is 6.35. The number of carbonyl (C=O) groups excluding carboxylic acids is 2. The van der Waals surface area contributed by atoms with Gasteiger partial charge in [-0.15, -0.1) is 0 Å². The third-order valence-electron chi connectivity index (χ3n) is 4.83. The van der Waals surface area contributed by atoms with Crippen molar-refractivity contribution >= 4 is 11.8 Å². The molecule has 7 nitrogen and oxygen atoms in total. The predicted molar refractivity (Wildman–Crippen MR) is 94.7 cm³/mol. The van der Waals surface area contributed by atoms with Crippen molar-refractivity contribution in [2.24, 2.45) is 0 Å². The van der Waals surface area contributed by atoms with Crippen LogP contribution in [0.15, 0.2) is 24.3 Å². The molecule has 1 aromatic rings. The van der Waals surface area contributed by atoms with Crippen LogP contribution < -0.4 is 15.4 Å². The molecule has 7 heteroatoms. The van der Waals surface area contributed by atoms with E-state index in [1.165, 1.54) is 0 Å². The van der Waals surface area contributed by atoms with E-state index in [0.717, 1.165) is 37.0 Å². The summed E-state index contributed by atoms with van der Waals surface area (Å²) in [5.74, 6) is -0.936. The summed E-state index contributed by atoms with van der Waals surface area (Å²) in [5.41, 5.74) is 1.06. The van der Waals surface area contributed by atoms with Crippen molar-refractivity contribution in [2.75, 3.05) is 26.8 Å². The van der Waals surface area contributed by atoms with Crippen molar-refractivity contribution in [1.82, 2.24) is 10.6 Å². The third kappa shape index (κ3) is 4.74. The number of hydrogen-bond donors (Lipinski definition) is 2. The molecule has 2 amide bonds. The van der Waals surface area contributed by atoms with Crippen LogP contribution in [0.4, 0.5) is 0 Å². The van der Waals surface area contributed by atoms with Gasteiger partial charge in [-0.3, -0.25) is 9.59 Å². The molecule has 2 aliphatic rings. The van der Waals surface area contributed by atoms with Gasteiger partial charge in [-0.05, 0) is 37.0 Å². The maximum atomic E-state index is 11.9. The van der Waals surface area contributed by atoms with Gasteiger partial charge in [0.25, 0.3) is 0 Å². The molecule has 26 heavy (non-hydrogen) atoms. The molecule has 1 saturated carbocycles. The van der Waals surface area contributed by atoms with Crippen molar-refractivity contribution < 1.29 is 23.8 Å². The van der Waals surface area contributed by atoms with E-state index in [1.807, 2.05) is 24.3 Å². The minimum atomic E-state index is -0.643. The molecule has 2 N–H and O–H groups in total. The van der Waals surface area contributed by atoms with E-state index in [1.54, 1.807) is 7.11 Å². The molecule has 1 aromatic carbocycles. The fourth-order valence-corrected chi connectivity index (χ4v) is 3.37. The number of nitrogens with one attached hydrogen (secondary N) is 2. The van der Waals surface area contributed by atoms with Crippen LogP contribution in [0.2, 0.25) is 0 Å². The summed E-state index contributed by atoms with van der Waals surface area (Å²) >= 11 is 0. The van der Waals surface area contributed by atoms with E-state index in [2.05, 4.69) is 10.6 Å². The zero-order valence-corrected chi connectivity index (χ0v) is 15.1. The molecule has 2 fully saturated rings. The van der Waals surface area contributed by atoms with Crippen molar-refractivity contribution in [3.05, 3.63) is 29.8 Å². The van der Waals surface area contributed by atoms with Crippen LogP contribution in [-0.2, 0) is 25.5 Å². The van der Waals surface area contributed by atoms with Crippen molar-refractivity contribution in [3.8, 4) is 5.75 Å². The Bertz CT molecular complexity index is 625. The van der Waals surface area contributed by atoms with E-state index >= 15 is 0 Å². The van der Waals surface area contributed by atoms with Crippen LogP contribution in [0, 0.1) is 0 Å². The number of rotatable bonds is 6. The first-order valence-electron chi connectivity index (χ1n) is 9.11. The number of carbonyl (C=O) groups is 2. The summed E-state index contributed by atoms with van der Waals surface area (Å²) in [4.78, 5) is 23.8. The van der Waals surface area contributed by atoms with Crippen LogP contribution in [0.25, 0.3) is 0 Å². The first-order chi connectivity index (χ1) is 12.6. The monoisotopic (exact) mass is 362 g/mol. The van der Waals surface area contributed by atoms with Gasteiger partial charge in [-0.25, -0.2) is 0 Å². The molecule has 0 radical (unpaired) electrons. The minimum absolute atomic E-state index is 0.191. The number of methoxy groups -OCH3 is 1. The van der Waals surface area contributed by atoms with E-state index in [0.29, 0.717) is 19.6 Å². The van der Waals surface area contributed by atoms with Crippen molar-refractivity contribution in [3.63, 3.8) is 0 Å².